The Bertz CT molecular complexity index is 804. The van der Waals surface area contributed by atoms with E-state index in [2.05, 4.69) is 4.98 Å². The van der Waals surface area contributed by atoms with Gasteiger partial charge in [0.1, 0.15) is 13.2 Å². The Morgan fingerprint density at radius 2 is 1.90 bits per heavy atom. The second-order valence-electron chi connectivity index (χ2n) is 5.23. The Hall–Kier alpha value is -1.82. The molecule has 5 nitrogen and oxygen atoms in total. The molecule has 1 saturated carbocycles. The Balaban J connectivity index is 2.00. The van der Waals surface area contributed by atoms with Crippen LogP contribution in [-0.4, -0.2) is 22.8 Å². The quantitative estimate of drug-likeness (QED) is 0.820. The molecule has 20 heavy (non-hydrogen) atoms. The van der Waals surface area contributed by atoms with Crippen molar-refractivity contribution in [3.63, 3.8) is 0 Å². The van der Waals surface area contributed by atoms with Gasteiger partial charge in [0.15, 0.2) is 16.3 Å². The lowest BCUT2D eigenvalue weighted by atomic mass is 9.93. The van der Waals surface area contributed by atoms with Crippen LogP contribution in [0.15, 0.2) is 16.9 Å². The first-order valence-electron chi connectivity index (χ1n) is 6.82. The molecule has 0 unspecified atom stereocenters. The number of ether oxygens (including phenoxy) is 2. The third-order valence-corrected chi connectivity index (χ3v) is 4.33. The first-order valence-corrected chi connectivity index (χ1v) is 7.23. The molecule has 104 valence electrons. The van der Waals surface area contributed by atoms with Crippen LogP contribution in [0.2, 0.25) is 0 Å². The molecule has 1 fully saturated rings. The number of rotatable bonds is 1. The molecule has 2 aliphatic rings. The summed E-state index contributed by atoms with van der Waals surface area (Å²) in [5.41, 5.74) is 0.672. The van der Waals surface area contributed by atoms with Crippen molar-refractivity contribution >= 4 is 23.1 Å². The van der Waals surface area contributed by atoms with E-state index in [9.17, 15) is 4.79 Å². The number of aromatic amines is 1. The molecular formula is C14H14N2O3S. The summed E-state index contributed by atoms with van der Waals surface area (Å²) < 4.78 is 13.3. The highest BCUT2D eigenvalue weighted by molar-refractivity contribution is 7.71. The summed E-state index contributed by atoms with van der Waals surface area (Å²) in [5.74, 6) is 1.29. The first-order chi connectivity index (χ1) is 9.74. The van der Waals surface area contributed by atoms with Gasteiger partial charge in [-0.25, -0.2) is 0 Å². The fourth-order valence-electron chi connectivity index (χ4n) is 2.74. The SMILES string of the molecule is O=c1c2cc3c(cc2[nH]c(=S)n1C1CCC1)OCCO3. The van der Waals surface area contributed by atoms with Gasteiger partial charge >= 0.3 is 0 Å². The van der Waals surface area contributed by atoms with Gasteiger partial charge < -0.3 is 14.5 Å². The average Bonchev–Trinajstić information content (AvgIpc) is 2.39. The van der Waals surface area contributed by atoms with Crippen LogP contribution in [0, 0.1) is 4.77 Å². The Morgan fingerprint density at radius 1 is 1.20 bits per heavy atom. The van der Waals surface area contributed by atoms with Gasteiger partial charge in [-0.05, 0) is 37.5 Å². The molecule has 2 heterocycles. The zero-order chi connectivity index (χ0) is 13.7. The summed E-state index contributed by atoms with van der Waals surface area (Å²) in [6.07, 6.45) is 3.20. The average molecular weight is 290 g/mol. The van der Waals surface area contributed by atoms with Crippen LogP contribution < -0.4 is 15.0 Å². The summed E-state index contributed by atoms with van der Waals surface area (Å²) in [4.78, 5) is 15.8. The molecule has 0 bridgehead atoms. The molecule has 1 aromatic heterocycles. The second-order valence-corrected chi connectivity index (χ2v) is 5.62. The lowest BCUT2D eigenvalue weighted by Crippen LogP contribution is -2.30. The monoisotopic (exact) mass is 290 g/mol. The zero-order valence-electron chi connectivity index (χ0n) is 10.8. The van der Waals surface area contributed by atoms with Crippen LogP contribution >= 0.6 is 12.2 Å². The van der Waals surface area contributed by atoms with Crippen LogP contribution in [0.1, 0.15) is 25.3 Å². The fraction of sp³-hybridized carbons (Fsp3) is 0.429. The highest BCUT2D eigenvalue weighted by atomic mass is 32.1. The van der Waals surface area contributed by atoms with E-state index < -0.39 is 0 Å². The summed E-state index contributed by atoms with van der Waals surface area (Å²) in [6, 6.07) is 3.79. The molecule has 0 radical (unpaired) electrons. The maximum Gasteiger partial charge on any atom is 0.262 e. The molecule has 4 rings (SSSR count). The minimum atomic E-state index is -0.0366. The number of H-pyrrole nitrogens is 1. The van der Waals surface area contributed by atoms with E-state index in [4.69, 9.17) is 21.7 Å². The predicted octanol–water partition coefficient (Wildman–Crippen LogP) is 2.56. The van der Waals surface area contributed by atoms with E-state index in [0.29, 0.717) is 40.4 Å². The minimum absolute atomic E-state index is 0.0366. The summed E-state index contributed by atoms with van der Waals surface area (Å²) in [7, 11) is 0. The van der Waals surface area contributed by atoms with Crippen LogP contribution in [0.5, 0.6) is 11.5 Å². The summed E-state index contributed by atoms with van der Waals surface area (Å²) in [6.45, 7) is 1.04. The van der Waals surface area contributed by atoms with Crippen molar-refractivity contribution in [3.05, 3.63) is 27.3 Å². The highest BCUT2D eigenvalue weighted by Crippen LogP contribution is 2.34. The molecule has 0 atom stereocenters. The molecule has 0 saturated heterocycles. The van der Waals surface area contributed by atoms with E-state index in [1.165, 1.54) is 0 Å². The third-order valence-electron chi connectivity index (χ3n) is 4.03. The first kappa shape index (κ1) is 12.0. The topological polar surface area (TPSA) is 56.2 Å². The van der Waals surface area contributed by atoms with Gasteiger partial charge in [-0.2, -0.15) is 0 Å². The van der Waals surface area contributed by atoms with Crippen molar-refractivity contribution < 1.29 is 9.47 Å². The van der Waals surface area contributed by atoms with Gasteiger partial charge in [-0.15, -0.1) is 0 Å². The van der Waals surface area contributed by atoms with Crippen LogP contribution in [0.25, 0.3) is 10.9 Å². The summed E-state index contributed by atoms with van der Waals surface area (Å²) >= 11 is 5.33. The van der Waals surface area contributed by atoms with Crippen LogP contribution in [0.3, 0.4) is 0 Å². The van der Waals surface area contributed by atoms with E-state index in [0.717, 1.165) is 19.3 Å². The van der Waals surface area contributed by atoms with Crippen LogP contribution in [-0.2, 0) is 0 Å². The normalized spacial score (nSPS) is 18.0. The van der Waals surface area contributed by atoms with Crippen LogP contribution in [0.4, 0.5) is 0 Å². The number of nitrogens with zero attached hydrogens (tertiary/aromatic N) is 1. The molecule has 0 spiro atoms. The standard InChI is InChI=1S/C14H14N2O3S/c17-13-9-6-11-12(19-5-4-18-11)7-10(9)15-14(20)16(13)8-2-1-3-8/h6-8H,1-5H2,(H,15,20). The minimum Gasteiger partial charge on any atom is -0.486 e. The van der Waals surface area contributed by atoms with Gasteiger partial charge in [-0.3, -0.25) is 9.36 Å². The Labute approximate surface area is 120 Å². The molecule has 6 heteroatoms. The van der Waals surface area contributed by atoms with E-state index >= 15 is 0 Å². The smallest absolute Gasteiger partial charge is 0.262 e. The number of hydrogen-bond acceptors (Lipinski definition) is 4. The second kappa shape index (κ2) is 4.34. The van der Waals surface area contributed by atoms with Crippen molar-refractivity contribution in [1.82, 2.24) is 9.55 Å². The van der Waals surface area contributed by atoms with E-state index in [1.807, 2.05) is 0 Å². The van der Waals surface area contributed by atoms with E-state index in [-0.39, 0.29) is 11.6 Å². The summed E-state index contributed by atoms with van der Waals surface area (Å²) in [5, 5.41) is 0.606. The van der Waals surface area contributed by atoms with Crippen molar-refractivity contribution in [1.29, 1.82) is 0 Å². The van der Waals surface area contributed by atoms with Crippen molar-refractivity contribution in [2.24, 2.45) is 0 Å². The van der Waals surface area contributed by atoms with Gasteiger partial charge in [0.05, 0.1) is 10.9 Å². The predicted molar refractivity (Wildman–Crippen MR) is 77.3 cm³/mol. The maximum atomic E-state index is 12.6. The molecule has 0 amide bonds. The molecule has 1 aliphatic heterocycles. The lowest BCUT2D eigenvalue weighted by Gasteiger charge is -2.28. The number of hydrogen-bond donors (Lipinski definition) is 1. The molecular weight excluding hydrogens is 276 g/mol. The van der Waals surface area contributed by atoms with Gasteiger partial charge in [0.25, 0.3) is 5.56 Å². The maximum absolute atomic E-state index is 12.6. The number of fused-ring (bicyclic) bond motifs is 2. The molecule has 1 aromatic carbocycles. The Morgan fingerprint density at radius 3 is 2.55 bits per heavy atom. The van der Waals surface area contributed by atoms with Crippen molar-refractivity contribution in [3.8, 4) is 11.5 Å². The van der Waals surface area contributed by atoms with Gasteiger partial charge in [-0.1, -0.05) is 0 Å². The van der Waals surface area contributed by atoms with Gasteiger partial charge in [0.2, 0.25) is 0 Å². The Kier molecular flexibility index (Phi) is 2.60. The van der Waals surface area contributed by atoms with Crippen molar-refractivity contribution in [2.75, 3.05) is 13.2 Å². The number of benzene rings is 1. The van der Waals surface area contributed by atoms with Gasteiger partial charge in [0, 0.05) is 12.1 Å². The molecule has 1 aliphatic carbocycles. The third kappa shape index (κ3) is 1.67. The van der Waals surface area contributed by atoms with E-state index in [1.54, 1.807) is 16.7 Å². The lowest BCUT2D eigenvalue weighted by molar-refractivity contribution is 0.172. The largest absolute Gasteiger partial charge is 0.486 e. The number of aromatic nitrogens is 2. The highest BCUT2D eigenvalue weighted by Gasteiger charge is 2.23. The zero-order valence-corrected chi connectivity index (χ0v) is 11.7. The molecule has 2 aromatic rings. The molecule has 1 N–H and O–H groups in total. The fourth-order valence-corrected chi connectivity index (χ4v) is 3.09. The number of nitrogens with one attached hydrogen (secondary N) is 1. The van der Waals surface area contributed by atoms with Crippen molar-refractivity contribution in [2.45, 2.75) is 25.3 Å².